The number of anilines is 1. The van der Waals surface area contributed by atoms with Gasteiger partial charge in [0.15, 0.2) is 5.17 Å². The monoisotopic (exact) mass is 345 g/mol. The Morgan fingerprint density at radius 3 is 2.58 bits per heavy atom. The molecule has 2 amide bonds. The van der Waals surface area contributed by atoms with Crippen molar-refractivity contribution >= 4 is 34.4 Å². The molecule has 124 valence electrons. The lowest BCUT2D eigenvalue weighted by Crippen LogP contribution is -2.31. The zero-order valence-corrected chi connectivity index (χ0v) is 13.7. The Labute approximate surface area is 143 Å². The quantitative estimate of drug-likeness (QED) is 0.854. The topological polar surface area (TPSA) is 61.8 Å². The van der Waals surface area contributed by atoms with Crippen LogP contribution in [0.4, 0.5) is 10.1 Å². The summed E-state index contributed by atoms with van der Waals surface area (Å²) in [6, 6.07) is 6.06. The lowest BCUT2D eigenvalue weighted by atomic mass is 10.3. The van der Waals surface area contributed by atoms with E-state index in [1.165, 1.54) is 42.1 Å². The normalized spacial score (nSPS) is 24.0. The van der Waals surface area contributed by atoms with Crippen LogP contribution >= 0.6 is 11.8 Å². The highest BCUT2D eigenvalue weighted by Crippen LogP contribution is 2.40. The van der Waals surface area contributed by atoms with Gasteiger partial charge in [-0.25, -0.2) is 4.39 Å². The van der Waals surface area contributed by atoms with Crippen molar-refractivity contribution in [2.75, 3.05) is 5.32 Å². The fourth-order valence-electron chi connectivity index (χ4n) is 2.42. The van der Waals surface area contributed by atoms with E-state index in [-0.39, 0.29) is 17.8 Å². The number of thioether (sulfide) groups is 1. The number of carbonyl (C=O) groups excluding carboxylic acids is 2. The van der Waals surface area contributed by atoms with Gasteiger partial charge in [0.25, 0.3) is 5.91 Å². The highest BCUT2D eigenvalue weighted by atomic mass is 32.2. The van der Waals surface area contributed by atoms with Crippen LogP contribution in [0.25, 0.3) is 0 Å². The second kappa shape index (κ2) is 6.05. The Morgan fingerprint density at radius 2 is 1.96 bits per heavy atom. The van der Waals surface area contributed by atoms with Gasteiger partial charge in [-0.1, -0.05) is 0 Å². The van der Waals surface area contributed by atoms with Crippen LogP contribution in [0.15, 0.2) is 40.2 Å². The van der Waals surface area contributed by atoms with E-state index in [4.69, 9.17) is 0 Å². The molecule has 0 radical (unpaired) electrons. The standard InChI is InChI=1S/C17H16FN3O2S/c18-10-1-3-11(4-2-10)19-15(22)9-14-16(23)21(13-7-8-13)17(24-14)20-12-5-6-12/h1-4,9,12-13H,5-8H2,(H,19,22). The van der Waals surface area contributed by atoms with Crippen molar-refractivity contribution < 1.29 is 14.0 Å². The highest BCUT2D eigenvalue weighted by molar-refractivity contribution is 8.18. The van der Waals surface area contributed by atoms with Crippen molar-refractivity contribution in [3.63, 3.8) is 0 Å². The number of carbonyl (C=O) groups is 2. The fraction of sp³-hybridized carbons (Fsp3) is 0.353. The molecular weight excluding hydrogens is 329 g/mol. The van der Waals surface area contributed by atoms with Crippen LogP contribution in [0.3, 0.4) is 0 Å². The van der Waals surface area contributed by atoms with Gasteiger partial charge in [-0.05, 0) is 61.7 Å². The number of benzene rings is 1. The zero-order valence-electron chi connectivity index (χ0n) is 12.9. The van der Waals surface area contributed by atoms with Crippen LogP contribution in [-0.4, -0.2) is 34.0 Å². The van der Waals surface area contributed by atoms with Crippen molar-refractivity contribution in [3.05, 3.63) is 41.1 Å². The first-order valence-electron chi connectivity index (χ1n) is 7.97. The molecule has 3 aliphatic rings. The summed E-state index contributed by atoms with van der Waals surface area (Å²) in [5, 5.41) is 3.37. The van der Waals surface area contributed by atoms with Crippen LogP contribution in [0, 0.1) is 5.82 Å². The van der Waals surface area contributed by atoms with Gasteiger partial charge in [-0.3, -0.25) is 19.5 Å². The molecule has 7 heteroatoms. The van der Waals surface area contributed by atoms with E-state index < -0.39 is 5.91 Å². The second-order valence-electron chi connectivity index (χ2n) is 6.16. The first-order chi connectivity index (χ1) is 11.6. The number of rotatable bonds is 4. The molecule has 0 spiro atoms. The van der Waals surface area contributed by atoms with E-state index in [9.17, 15) is 14.0 Å². The van der Waals surface area contributed by atoms with Crippen LogP contribution in [0.2, 0.25) is 0 Å². The van der Waals surface area contributed by atoms with Gasteiger partial charge in [0.05, 0.1) is 10.9 Å². The van der Waals surface area contributed by atoms with Crippen LogP contribution in [0.1, 0.15) is 25.7 Å². The predicted molar refractivity (Wildman–Crippen MR) is 91.0 cm³/mol. The van der Waals surface area contributed by atoms with Crippen molar-refractivity contribution in [2.24, 2.45) is 4.99 Å². The molecular formula is C17H16FN3O2S. The number of nitrogens with one attached hydrogen (secondary N) is 1. The summed E-state index contributed by atoms with van der Waals surface area (Å²) in [5.74, 6) is -0.911. The maximum Gasteiger partial charge on any atom is 0.267 e. The summed E-state index contributed by atoms with van der Waals surface area (Å²) < 4.78 is 12.9. The van der Waals surface area contributed by atoms with Gasteiger partial charge in [-0.2, -0.15) is 0 Å². The zero-order chi connectivity index (χ0) is 16.7. The van der Waals surface area contributed by atoms with Crippen LogP contribution in [0.5, 0.6) is 0 Å². The third kappa shape index (κ3) is 3.36. The van der Waals surface area contributed by atoms with Crippen molar-refractivity contribution in [2.45, 2.75) is 37.8 Å². The van der Waals surface area contributed by atoms with E-state index in [0.717, 1.165) is 30.9 Å². The number of amidine groups is 1. The Kier molecular flexibility index (Phi) is 3.88. The Hall–Kier alpha value is -2.15. The number of hydrogen-bond donors (Lipinski definition) is 1. The lowest BCUT2D eigenvalue weighted by Gasteiger charge is -2.13. The number of nitrogens with zero attached hydrogens (tertiary/aromatic N) is 2. The third-order valence-electron chi connectivity index (χ3n) is 3.96. The Morgan fingerprint density at radius 1 is 1.25 bits per heavy atom. The molecule has 3 fully saturated rings. The molecule has 0 bridgehead atoms. The number of hydrogen-bond acceptors (Lipinski definition) is 4. The van der Waals surface area contributed by atoms with E-state index in [1.807, 2.05) is 0 Å². The summed E-state index contributed by atoms with van der Waals surface area (Å²) in [4.78, 5) is 31.4. The molecule has 2 aliphatic carbocycles. The van der Waals surface area contributed by atoms with E-state index >= 15 is 0 Å². The molecule has 1 aliphatic heterocycles. The largest absolute Gasteiger partial charge is 0.322 e. The molecule has 0 aromatic heterocycles. The summed E-state index contributed by atoms with van der Waals surface area (Å²) in [7, 11) is 0. The van der Waals surface area contributed by atoms with Crippen molar-refractivity contribution in [3.8, 4) is 0 Å². The van der Waals surface area contributed by atoms with Crippen molar-refractivity contribution in [1.29, 1.82) is 0 Å². The molecule has 2 saturated carbocycles. The van der Waals surface area contributed by atoms with Gasteiger partial charge in [0.2, 0.25) is 5.91 Å². The van der Waals surface area contributed by atoms with E-state index in [1.54, 1.807) is 4.90 Å². The van der Waals surface area contributed by atoms with E-state index in [2.05, 4.69) is 10.3 Å². The summed E-state index contributed by atoms with van der Waals surface area (Å²) in [6.07, 6.45) is 5.43. The average molecular weight is 345 g/mol. The molecule has 1 heterocycles. The minimum Gasteiger partial charge on any atom is -0.322 e. The molecule has 1 aromatic rings. The van der Waals surface area contributed by atoms with Crippen molar-refractivity contribution in [1.82, 2.24) is 4.90 Å². The number of aliphatic imine (C=N–C) groups is 1. The molecule has 0 atom stereocenters. The molecule has 1 N–H and O–H groups in total. The Bertz CT molecular complexity index is 752. The third-order valence-corrected chi connectivity index (χ3v) is 4.96. The number of amides is 2. The molecule has 0 unspecified atom stereocenters. The average Bonchev–Trinajstić information content (AvgIpc) is 3.44. The van der Waals surface area contributed by atoms with Crippen LogP contribution in [-0.2, 0) is 9.59 Å². The molecule has 4 rings (SSSR count). The van der Waals surface area contributed by atoms with Gasteiger partial charge in [-0.15, -0.1) is 0 Å². The fourth-order valence-corrected chi connectivity index (χ4v) is 3.50. The van der Waals surface area contributed by atoms with Gasteiger partial charge >= 0.3 is 0 Å². The van der Waals surface area contributed by atoms with Gasteiger partial charge < -0.3 is 5.32 Å². The Balaban J connectivity index is 1.50. The number of halogens is 1. The lowest BCUT2D eigenvalue weighted by molar-refractivity contribution is -0.123. The molecule has 5 nitrogen and oxygen atoms in total. The first-order valence-corrected chi connectivity index (χ1v) is 8.79. The highest BCUT2D eigenvalue weighted by Gasteiger charge is 2.43. The SMILES string of the molecule is O=C(C=C1SC(=NC2CC2)N(C2CC2)C1=O)Nc1ccc(F)cc1. The summed E-state index contributed by atoms with van der Waals surface area (Å²) in [6.45, 7) is 0. The van der Waals surface area contributed by atoms with Gasteiger partial charge in [0.1, 0.15) is 5.82 Å². The first kappa shape index (κ1) is 15.4. The maximum absolute atomic E-state index is 12.9. The summed E-state index contributed by atoms with van der Waals surface area (Å²) in [5.41, 5.74) is 0.486. The maximum atomic E-state index is 12.9. The van der Waals surface area contributed by atoms with E-state index in [0.29, 0.717) is 16.6 Å². The smallest absolute Gasteiger partial charge is 0.267 e. The molecule has 1 saturated heterocycles. The van der Waals surface area contributed by atoms with Gasteiger partial charge in [0, 0.05) is 17.8 Å². The molecule has 1 aromatic carbocycles. The second-order valence-corrected chi connectivity index (χ2v) is 7.17. The summed E-state index contributed by atoms with van der Waals surface area (Å²) >= 11 is 1.27. The predicted octanol–water partition coefficient (Wildman–Crippen LogP) is 2.90. The minimum atomic E-state index is -0.402. The minimum absolute atomic E-state index is 0.142. The molecule has 24 heavy (non-hydrogen) atoms. The van der Waals surface area contributed by atoms with Crippen LogP contribution < -0.4 is 5.32 Å².